The van der Waals surface area contributed by atoms with Crippen LogP contribution in [0.25, 0.3) is 0 Å². The van der Waals surface area contributed by atoms with Gasteiger partial charge in [-0.1, -0.05) is 0 Å². The van der Waals surface area contributed by atoms with E-state index in [0.717, 1.165) is 25.9 Å². The van der Waals surface area contributed by atoms with E-state index in [1.54, 1.807) is 0 Å². The number of nitrogens with one attached hydrogen (secondary N) is 1. The van der Waals surface area contributed by atoms with Gasteiger partial charge in [0.1, 0.15) is 12.0 Å². The van der Waals surface area contributed by atoms with Gasteiger partial charge in [0.2, 0.25) is 5.88 Å². The number of likely N-dealkylation sites (tertiary alicyclic amines) is 1. The molecule has 6 heteroatoms. The first-order valence-corrected chi connectivity index (χ1v) is 6.78. The predicted molar refractivity (Wildman–Crippen MR) is 76.4 cm³/mol. The molecule has 1 fully saturated rings. The molecule has 0 amide bonds. The van der Waals surface area contributed by atoms with E-state index < -0.39 is 0 Å². The molecule has 1 aromatic rings. The van der Waals surface area contributed by atoms with Gasteiger partial charge in [0.05, 0.1) is 6.10 Å². The summed E-state index contributed by atoms with van der Waals surface area (Å²) in [4.78, 5) is 10.6. The number of anilines is 2. The SMILES string of the molecule is CC(C)Oc1ncnc(NC2CCN(C)CC2)c1N. The third-order valence-electron chi connectivity index (χ3n) is 3.25. The van der Waals surface area contributed by atoms with Crippen molar-refractivity contribution in [1.82, 2.24) is 14.9 Å². The Labute approximate surface area is 114 Å². The summed E-state index contributed by atoms with van der Waals surface area (Å²) in [6.07, 6.45) is 3.74. The van der Waals surface area contributed by atoms with Crippen LogP contribution in [-0.4, -0.2) is 47.2 Å². The average molecular weight is 265 g/mol. The Morgan fingerprint density at radius 3 is 2.68 bits per heavy atom. The quantitative estimate of drug-likeness (QED) is 0.856. The summed E-state index contributed by atoms with van der Waals surface area (Å²) in [6.45, 7) is 6.09. The number of nitrogen functional groups attached to an aromatic ring is 1. The Hall–Kier alpha value is -1.56. The number of piperidine rings is 1. The Morgan fingerprint density at radius 2 is 2.05 bits per heavy atom. The van der Waals surface area contributed by atoms with Crippen LogP contribution in [-0.2, 0) is 0 Å². The molecule has 0 bridgehead atoms. The van der Waals surface area contributed by atoms with E-state index in [0.29, 0.717) is 23.4 Å². The van der Waals surface area contributed by atoms with E-state index >= 15 is 0 Å². The highest BCUT2D eigenvalue weighted by Crippen LogP contribution is 2.27. The lowest BCUT2D eigenvalue weighted by Crippen LogP contribution is -2.37. The van der Waals surface area contributed by atoms with Crippen LogP contribution < -0.4 is 15.8 Å². The molecule has 0 radical (unpaired) electrons. The molecule has 106 valence electrons. The van der Waals surface area contributed by atoms with Gasteiger partial charge in [0.25, 0.3) is 0 Å². The van der Waals surface area contributed by atoms with E-state index in [1.165, 1.54) is 6.33 Å². The second-order valence-electron chi connectivity index (χ2n) is 5.33. The van der Waals surface area contributed by atoms with Crippen molar-refractivity contribution in [3.63, 3.8) is 0 Å². The highest BCUT2D eigenvalue weighted by Gasteiger charge is 2.19. The predicted octanol–water partition coefficient (Wildman–Crippen LogP) is 1.35. The van der Waals surface area contributed by atoms with Gasteiger partial charge in [-0.2, -0.15) is 4.98 Å². The van der Waals surface area contributed by atoms with Crippen molar-refractivity contribution in [2.75, 3.05) is 31.2 Å². The largest absolute Gasteiger partial charge is 0.473 e. The summed E-state index contributed by atoms with van der Waals surface area (Å²) in [6, 6.07) is 0.417. The van der Waals surface area contributed by atoms with Gasteiger partial charge in [0, 0.05) is 6.04 Å². The number of hydrogen-bond acceptors (Lipinski definition) is 6. The van der Waals surface area contributed by atoms with Crippen LogP contribution in [0.5, 0.6) is 5.88 Å². The lowest BCUT2D eigenvalue weighted by molar-refractivity contribution is 0.234. The van der Waals surface area contributed by atoms with E-state index in [9.17, 15) is 0 Å². The normalized spacial score (nSPS) is 17.7. The van der Waals surface area contributed by atoms with Crippen molar-refractivity contribution in [2.45, 2.75) is 38.8 Å². The van der Waals surface area contributed by atoms with Crippen molar-refractivity contribution >= 4 is 11.5 Å². The maximum absolute atomic E-state index is 6.05. The third-order valence-corrected chi connectivity index (χ3v) is 3.25. The summed E-state index contributed by atoms with van der Waals surface area (Å²) < 4.78 is 5.57. The molecule has 0 aromatic carbocycles. The first kappa shape index (κ1) is 13.9. The van der Waals surface area contributed by atoms with E-state index in [2.05, 4.69) is 27.2 Å². The Bertz CT molecular complexity index is 415. The van der Waals surface area contributed by atoms with Gasteiger partial charge in [0.15, 0.2) is 5.82 Å². The lowest BCUT2D eigenvalue weighted by atomic mass is 10.1. The number of ether oxygens (including phenoxy) is 1. The fourth-order valence-corrected chi connectivity index (χ4v) is 2.16. The molecule has 1 saturated heterocycles. The standard InChI is InChI=1S/C13H23N5O/c1-9(2)19-13-11(14)12(15-8-16-13)17-10-4-6-18(3)7-5-10/h8-10H,4-7,14H2,1-3H3,(H,15,16,17). The molecular formula is C13H23N5O. The summed E-state index contributed by atoms with van der Waals surface area (Å²) in [5.41, 5.74) is 6.55. The van der Waals surface area contributed by atoms with Crippen LogP contribution in [0, 0.1) is 0 Å². The molecular weight excluding hydrogens is 242 g/mol. The van der Waals surface area contributed by atoms with Gasteiger partial charge < -0.3 is 20.7 Å². The summed E-state index contributed by atoms with van der Waals surface area (Å²) in [5.74, 6) is 1.14. The van der Waals surface area contributed by atoms with E-state index in [-0.39, 0.29) is 6.10 Å². The van der Waals surface area contributed by atoms with Gasteiger partial charge in [-0.15, -0.1) is 0 Å². The highest BCUT2D eigenvalue weighted by atomic mass is 16.5. The smallest absolute Gasteiger partial charge is 0.242 e. The Morgan fingerprint density at radius 1 is 1.37 bits per heavy atom. The summed E-state index contributed by atoms with van der Waals surface area (Å²) >= 11 is 0. The van der Waals surface area contributed by atoms with Crippen LogP contribution in [0.15, 0.2) is 6.33 Å². The second-order valence-corrected chi connectivity index (χ2v) is 5.33. The molecule has 0 saturated carbocycles. The summed E-state index contributed by atoms with van der Waals surface area (Å²) in [5, 5.41) is 3.40. The van der Waals surface area contributed by atoms with Crippen LogP contribution >= 0.6 is 0 Å². The van der Waals surface area contributed by atoms with Crippen LogP contribution in [0.1, 0.15) is 26.7 Å². The molecule has 0 spiro atoms. The third kappa shape index (κ3) is 3.70. The Kier molecular flexibility index (Phi) is 4.42. The van der Waals surface area contributed by atoms with Gasteiger partial charge in [-0.05, 0) is 46.8 Å². The first-order chi connectivity index (χ1) is 9.06. The lowest BCUT2D eigenvalue weighted by Gasteiger charge is -2.30. The molecule has 0 unspecified atom stereocenters. The van der Waals surface area contributed by atoms with Crippen LogP contribution in [0.4, 0.5) is 11.5 Å². The molecule has 3 N–H and O–H groups in total. The minimum atomic E-state index is 0.0494. The zero-order valence-corrected chi connectivity index (χ0v) is 11.9. The second kappa shape index (κ2) is 6.06. The van der Waals surface area contributed by atoms with Crippen molar-refractivity contribution in [1.29, 1.82) is 0 Å². The maximum atomic E-state index is 6.05. The molecule has 1 aromatic heterocycles. The molecule has 2 rings (SSSR count). The average Bonchev–Trinajstić information content (AvgIpc) is 2.36. The van der Waals surface area contributed by atoms with Crippen LogP contribution in [0.2, 0.25) is 0 Å². The molecule has 19 heavy (non-hydrogen) atoms. The summed E-state index contributed by atoms with van der Waals surface area (Å²) in [7, 11) is 2.14. The first-order valence-electron chi connectivity index (χ1n) is 6.78. The number of hydrogen-bond donors (Lipinski definition) is 2. The molecule has 6 nitrogen and oxygen atoms in total. The number of nitrogens with two attached hydrogens (primary N) is 1. The molecule has 0 atom stereocenters. The minimum absolute atomic E-state index is 0.0494. The molecule has 0 aliphatic carbocycles. The number of aromatic nitrogens is 2. The van der Waals surface area contributed by atoms with Crippen LogP contribution in [0.3, 0.4) is 0 Å². The zero-order valence-electron chi connectivity index (χ0n) is 11.9. The molecule has 1 aliphatic heterocycles. The monoisotopic (exact) mass is 265 g/mol. The molecule has 2 heterocycles. The van der Waals surface area contributed by atoms with E-state index in [1.807, 2.05) is 13.8 Å². The van der Waals surface area contributed by atoms with Crippen molar-refractivity contribution < 1.29 is 4.74 Å². The number of rotatable bonds is 4. The fraction of sp³-hybridized carbons (Fsp3) is 0.692. The fourth-order valence-electron chi connectivity index (χ4n) is 2.16. The Balaban J connectivity index is 2.04. The highest BCUT2D eigenvalue weighted by molar-refractivity contribution is 5.66. The van der Waals surface area contributed by atoms with Gasteiger partial charge in [-0.3, -0.25) is 0 Å². The minimum Gasteiger partial charge on any atom is -0.473 e. The van der Waals surface area contributed by atoms with Gasteiger partial charge >= 0.3 is 0 Å². The molecule has 1 aliphatic rings. The maximum Gasteiger partial charge on any atom is 0.242 e. The van der Waals surface area contributed by atoms with E-state index in [4.69, 9.17) is 10.5 Å². The number of nitrogens with zero attached hydrogens (tertiary/aromatic N) is 3. The van der Waals surface area contributed by atoms with Gasteiger partial charge in [-0.25, -0.2) is 4.98 Å². The topological polar surface area (TPSA) is 76.3 Å². The van der Waals surface area contributed by atoms with Crippen molar-refractivity contribution in [3.05, 3.63) is 6.33 Å². The van der Waals surface area contributed by atoms with Crippen molar-refractivity contribution in [2.24, 2.45) is 0 Å². The zero-order chi connectivity index (χ0) is 13.8. The van der Waals surface area contributed by atoms with Crippen molar-refractivity contribution in [3.8, 4) is 5.88 Å².